The van der Waals surface area contributed by atoms with Gasteiger partial charge >= 0.3 is 12.0 Å². The summed E-state index contributed by atoms with van der Waals surface area (Å²) in [6.07, 6.45) is -0.486. The van der Waals surface area contributed by atoms with Crippen LogP contribution in [0.3, 0.4) is 0 Å². The Bertz CT molecular complexity index is 530. The fraction of sp³-hybridized carbons (Fsp3) is 0.182. The maximum atomic E-state index is 11.7. The number of amides is 3. The molecule has 0 unspecified atom stereocenters. The second kappa shape index (κ2) is 7.25. The van der Waals surface area contributed by atoms with E-state index >= 15 is 0 Å². The van der Waals surface area contributed by atoms with Crippen LogP contribution < -0.4 is 16.4 Å². The molecule has 1 rings (SSSR count). The van der Waals surface area contributed by atoms with Crippen molar-refractivity contribution in [1.29, 1.82) is 0 Å². The van der Waals surface area contributed by atoms with Gasteiger partial charge in [-0.25, -0.2) is 9.59 Å². The topological polar surface area (TPSA) is 122 Å². The lowest BCUT2D eigenvalue weighted by Gasteiger charge is -2.15. The van der Waals surface area contributed by atoms with Gasteiger partial charge in [0.15, 0.2) is 0 Å². The Hall–Kier alpha value is -1.61. The third-order valence-corrected chi connectivity index (χ3v) is 3.53. The Morgan fingerprint density at radius 2 is 1.80 bits per heavy atom. The van der Waals surface area contributed by atoms with Crippen LogP contribution in [-0.2, 0) is 9.59 Å². The Labute approximate surface area is 131 Å². The molecule has 5 N–H and O–H groups in total. The predicted octanol–water partition coefficient (Wildman–Crippen LogP) is 1.66. The molecule has 0 aliphatic rings. The maximum absolute atomic E-state index is 11.7. The van der Waals surface area contributed by atoms with Crippen molar-refractivity contribution in [2.24, 2.45) is 5.73 Å². The van der Waals surface area contributed by atoms with Crippen LogP contribution >= 0.6 is 31.9 Å². The van der Waals surface area contributed by atoms with Crippen LogP contribution in [0.15, 0.2) is 27.1 Å². The molecule has 1 aromatic rings. The highest BCUT2D eigenvalue weighted by molar-refractivity contribution is 9.11. The van der Waals surface area contributed by atoms with Crippen LogP contribution in [0.5, 0.6) is 0 Å². The zero-order valence-electron chi connectivity index (χ0n) is 10.0. The smallest absolute Gasteiger partial charge is 0.326 e. The largest absolute Gasteiger partial charge is 0.480 e. The van der Waals surface area contributed by atoms with Crippen LogP contribution in [0.1, 0.15) is 6.42 Å². The molecule has 0 radical (unpaired) electrons. The average Bonchev–Trinajstić information content (AvgIpc) is 2.32. The van der Waals surface area contributed by atoms with Gasteiger partial charge in [0.2, 0.25) is 5.91 Å². The summed E-state index contributed by atoms with van der Waals surface area (Å²) >= 11 is 6.50. The van der Waals surface area contributed by atoms with E-state index in [1.165, 1.54) is 0 Å². The van der Waals surface area contributed by atoms with Gasteiger partial charge in [-0.15, -0.1) is 0 Å². The van der Waals surface area contributed by atoms with E-state index in [4.69, 9.17) is 10.8 Å². The van der Waals surface area contributed by atoms with E-state index in [1.807, 2.05) is 0 Å². The molecule has 0 heterocycles. The number of rotatable bonds is 5. The zero-order valence-corrected chi connectivity index (χ0v) is 13.2. The normalized spacial score (nSPS) is 11.5. The molecule has 7 nitrogen and oxygen atoms in total. The molecule has 1 aromatic carbocycles. The summed E-state index contributed by atoms with van der Waals surface area (Å²) in [6, 6.07) is 3.03. The van der Waals surface area contributed by atoms with Crippen LogP contribution in [0.2, 0.25) is 0 Å². The molecule has 0 spiro atoms. The number of carboxylic acid groups (broad SMARTS) is 1. The number of hydrogen-bond acceptors (Lipinski definition) is 3. The van der Waals surface area contributed by atoms with Crippen molar-refractivity contribution in [3.8, 4) is 0 Å². The van der Waals surface area contributed by atoms with Crippen molar-refractivity contribution in [3.63, 3.8) is 0 Å². The third-order valence-electron chi connectivity index (χ3n) is 2.21. The molecule has 0 bridgehead atoms. The number of halogens is 2. The van der Waals surface area contributed by atoms with E-state index in [0.717, 1.165) is 0 Å². The standard InChI is InChI=1S/C11H11Br2N3O4/c12-5-2-1-3-6(13)9(5)16-11(20)15-7(10(18)19)4-8(14)17/h1-3,7H,4H2,(H2,14,17)(H,18,19)(H2,15,16,20)/t7-/m0/s1. The predicted molar refractivity (Wildman–Crippen MR) is 79.2 cm³/mol. The number of urea groups is 1. The van der Waals surface area contributed by atoms with E-state index in [1.54, 1.807) is 18.2 Å². The molecule has 108 valence electrons. The van der Waals surface area contributed by atoms with Crippen molar-refractivity contribution >= 4 is 55.5 Å². The lowest BCUT2D eigenvalue weighted by molar-refractivity contribution is -0.140. The van der Waals surface area contributed by atoms with E-state index in [0.29, 0.717) is 14.6 Å². The van der Waals surface area contributed by atoms with Crippen molar-refractivity contribution in [2.45, 2.75) is 12.5 Å². The van der Waals surface area contributed by atoms with Crippen LogP contribution in [-0.4, -0.2) is 29.1 Å². The molecule has 0 aliphatic carbocycles. The highest BCUT2D eigenvalue weighted by Gasteiger charge is 2.22. The fourth-order valence-electron chi connectivity index (χ4n) is 1.33. The van der Waals surface area contributed by atoms with Crippen molar-refractivity contribution in [2.75, 3.05) is 5.32 Å². The molecule has 0 saturated heterocycles. The number of para-hydroxylation sites is 1. The van der Waals surface area contributed by atoms with Crippen LogP contribution in [0.4, 0.5) is 10.5 Å². The number of nitrogens with two attached hydrogens (primary N) is 1. The summed E-state index contributed by atoms with van der Waals surface area (Å²) < 4.78 is 1.23. The SMILES string of the molecule is NC(=O)C[C@H](NC(=O)Nc1c(Br)cccc1Br)C(=O)O. The van der Waals surface area contributed by atoms with Gasteiger partial charge in [-0.05, 0) is 44.0 Å². The van der Waals surface area contributed by atoms with Crippen LogP contribution in [0, 0.1) is 0 Å². The Morgan fingerprint density at radius 1 is 1.25 bits per heavy atom. The van der Waals surface area contributed by atoms with Gasteiger partial charge in [-0.1, -0.05) is 6.07 Å². The molecule has 1 atom stereocenters. The summed E-state index contributed by atoms with van der Waals surface area (Å²) in [5.41, 5.74) is 5.36. The van der Waals surface area contributed by atoms with Crippen molar-refractivity contribution in [1.82, 2.24) is 5.32 Å². The maximum Gasteiger partial charge on any atom is 0.326 e. The number of carbonyl (C=O) groups excluding carboxylic acids is 2. The average molecular weight is 409 g/mol. The van der Waals surface area contributed by atoms with E-state index in [9.17, 15) is 14.4 Å². The van der Waals surface area contributed by atoms with Crippen molar-refractivity contribution in [3.05, 3.63) is 27.1 Å². The highest BCUT2D eigenvalue weighted by atomic mass is 79.9. The molecule has 20 heavy (non-hydrogen) atoms. The molecular formula is C11H11Br2N3O4. The van der Waals surface area contributed by atoms with E-state index < -0.39 is 30.4 Å². The lowest BCUT2D eigenvalue weighted by atomic mass is 10.2. The van der Waals surface area contributed by atoms with Crippen LogP contribution in [0.25, 0.3) is 0 Å². The van der Waals surface area contributed by atoms with E-state index in [-0.39, 0.29) is 0 Å². The molecule has 3 amide bonds. The van der Waals surface area contributed by atoms with Gasteiger partial charge in [0.1, 0.15) is 6.04 Å². The first kappa shape index (κ1) is 16.4. The minimum atomic E-state index is -1.38. The monoisotopic (exact) mass is 407 g/mol. The molecule has 9 heteroatoms. The molecule has 0 saturated carbocycles. The molecular weight excluding hydrogens is 398 g/mol. The first-order valence-corrected chi connectivity index (χ1v) is 6.92. The number of benzene rings is 1. The first-order chi connectivity index (χ1) is 9.31. The quantitative estimate of drug-likeness (QED) is 0.591. The molecule has 0 aromatic heterocycles. The van der Waals surface area contributed by atoms with Gasteiger partial charge in [0.05, 0.1) is 12.1 Å². The van der Waals surface area contributed by atoms with Gasteiger partial charge in [0, 0.05) is 8.95 Å². The zero-order chi connectivity index (χ0) is 15.3. The third kappa shape index (κ3) is 4.82. The van der Waals surface area contributed by atoms with Gasteiger partial charge < -0.3 is 21.5 Å². The summed E-state index contributed by atoms with van der Waals surface area (Å²) in [4.78, 5) is 33.4. The number of carbonyl (C=O) groups is 3. The number of aliphatic carboxylic acids is 1. The summed E-state index contributed by atoms with van der Waals surface area (Å²) in [7, 11) is 0. The lowest BCUT2D eigenvalue weighted by Crippen LogP contribution is -2.45. The minimum absolute atomic E-state index is 0.438. The summed E-state index contributed by atoms with van der Waals surface area (Å²) in [6.45, 7) is 0. The number of anilines is 1. The Balaban J connectivity index is 2.76. The summed E-state index contributed by atoms with van der Waals surface area (Å²) in [5.74, 6) is -2.16. The van der Waals surface area contributed by atoms with E-state index in [2.05, 4.69) is 42.5 Å². The Kier molecular flexibility index (Phi) is 5.96. The molecule has 0 fully saturated rings. The van der Waals surface area contributed by atoms with Gasteiger partial charge in [-0.2, -0.15) is 0 Å². The number of nitrogens with one attached hydrogen (secondary N) is 2. The van der Waals surface area contributed by atoms with Crippen molar-refractivity contribution < 1.29 is 19.5 Å². The second-order valence-corrected chi connectivity index (χ2v) is 5.47. The van der Waals surface area contributed by atoms with Gasteiger partial charge in [-0.3, -0.25) is 4.79 Å². The minimum Gasteiger partial charge on any atom is -0.480 e. The second-order valence-electron chi connectivity index (χ2n) is 3.76. The highest BCUT2D eigenvalue weighted by Crippen LogP contribution is 2.30. The Morgan fingerprint density at radius 3 is 2.25 bits per heavy atom. The summed E-state index contributed by atoms with van der Waals surface area (Å²) in [5, 5.41) is 13.5. The first-order valence-electron chi connectivity index (χ1n) is 5.34. The fourth-order valence-corrected chi connectivity index (χ4v) is 2.52. The number of hydrogen-bond donors (Lipinski definition) is 4. The van der Waals surface area contributed by atoms with Gasteiger partial charge in [0.25, 0.3) is 0 Å². The number of carboxylic acids is 1. The number of primary amides is 1. The molecule has 0 aliphatic heterocycles.